The Labute approximate surface area is 118 Å². The van der Waals surface area contributed by atoms with Crippen LogP contribution in [-0.2, 0) is 9.53 Å². The third kappa shape index (κ3) is 3.10. The summed E-state index contributed by atoms with van der Waals surface area (Å²) < 4.78 is 18.4. The molecule has 0 bridgehead atoms. The van der Waals surface area contributed by atoms with Crippen molar-refractivity contribution < 1.29 is 13.9 Å². The van der Waals surface area contributed by atoms with E-state index in [1.165, 1.54) is 12.1 Å². The van der Waals surface area contributed by atoms with Gasteiger partial charge in [0.25, 0.3) is 0 Å². The van der Waals surface area contributed by atoms with Crippen LogP contribution in [0.15, 0.2) is 24.3 Å². The van der Waals surface area contributed by atoms with Gasteiger partial charge in [0.05, 0.1) is 6.61 Å². The molecule has 0 radical (unpaired) electrons. The van der Waals surface area contributed by atoms with Gasteiger partial charge in [0.1, 0.15) is 11.4 Å². The van der Waals surface area contributed by atoms with Gasteiger partial charge in [-0.15, -0.1) is 0 Å². The van der Waals surface area contributed by atoms with E-state index in [0.29, 0.717) is 18.8 Å². The van der Waals surface area contributed by atoms with Gasteiger partial charge in [-0.05, 0) is 43.9 Å². The standard InChI is InChI=1S/C15H21FN2O2/c1-3-20-14(19)15(17,11-7-8-11)10-18(2)13-6-4-5-12(16)9-13/h4-6,9,11H,3,7-8,10,17H2,1-2H3. The van der Waals surface area contributed by atoms with Gasteiger partial charge in [-0.25, -0.2) is 9.18 Å². The van der Waals surface area contributed by atoms with Crippen LogP contribution in [0.2, 0.25) is 0 Å². The highest BCUT2D eigenvalue weighted by atomic mass is 19.1. The third-order valence-corrected chi connectivity index (χ3v) is 3.71. The summed E-state index contributed by atoms with van der Waals surface area (Å²) in [7, 11) is 1.80. The number of ether oxygens (including phenoxy) is 1. The van der Waals surface area contributed by atoms with Crippen LogP contribution in [0, 0.1) is 11.7 Å². The van der Waals surface area contributed by atoms with E-state index in [-0.39, 0.29) is 17.7 Å². The van der Waals surface area contributed by atoms with E-state index in [4.69, 9.17) is 10.5 Å². The van der Waals surface area contributed by atoms with Crippen LogP contribution in [0.5, 0.6) is 0 Å². The molecule has 0 saturated heterocycles. The summed E-state index contributed by atoms with van der Waals surface area (Å²) in [4.78, 5) is 13.9. The number of nitrogens with zero attached hydrogens (tertiary/aromatic N) is 1. The maximum atomic E-state index is 13.3. The van der Waals surface area contributed by atoms with Crippen LogP contribution in [0.3, 0.4) is 0 Å². The quantitative estimate of drug-likeness (QED) is 0.809. The van der Waals surface area contributed by atoms with E-state index >= 15 is 0 Å². The Bertz CT molecular complexity index is 491. The highest BCUT2D eigenvalue weighted by molar-refractivity contribution is 5.82. The molecule has 1 aromatic carbocycles. The summed E-state index contributed by atoms with van der Waals surface area (Å²) in [5, 5.41) is 0. The number of halogens is 1. The molecule has 1 unspecified atom stereocenters. The molecular formula is C15H21FN2O2. The van der Waals surface area contributed by atoms with Crippen molar-refractivity contribution in [3.63, 3.8) is 0 Å². The molecule has 1 saturated carbocycles. The Morgan fingerprint density at radius 2 is 2.25 bits per heavy atom. The van der Waals surface area contributed by atoms with Gasteiger partial charge in [0, 0.05) is 19.3 Å². The molecule has 1 fully saturated rings. The normalized spacial score (nSPS) is 17.4. The Balaban J connectivity index is 2.14. The number of benzene rings is 1. The van der Waals surface area contributed by atoms with Crippen LogP contribution < -0.4 is 10.6 Å². The minimum absolute atomic E-state index is 0.151. The van der Waals surface area contributed by atoms with Crippen LogP contribution >= 0.6 is 0 Å². The van der Waals surface area contributed by atoms with Crippen LogP contribution in [0.25, 0.3) is 0 Å². The fourth-order valence-corrected chi connectivity index (χ4v) is 2.42. The molecule has 1 aromatic rings. The fraction of sp³-hybridized carbons (Fsp3) is 0.533. The van der Waals surface area contributed by atoms with Crippen LogP contribution in [-0.4, -0.2) is 31.7 Å². The number of carbonyl (C=O) groups is 1. The molecule has 20 heavy (non-hydrogen) atoms. The third-order valence-electron chi connectivity index (χ3n) is 3.71. The number of esters is 1. The van der Waals surface area contributed by atoms with Gasteiger partial charge in [0.15, 0.2) is 0 Å². The number of carbonyl (C=O) groups excluding carboxylic acids is 1. The van der Waals surface area contributed by atoms with E-state index in [1.54, 1.807) is 31.0 Å². The zero-order chi connectivity index (χ0) is 14.8. The molecule has 2 rings (SSSR count). The number of nitrogens with two attached hydrogens (primary N) is 1. The molecule has 4 nitrogen and oxygen atoms in total. The molecule has 0 aromatic heterocycles. The van der Waals surface area contributed by atoms with E-state index in [2.05, 4.69) is 0 Å². The number of anilines is 1. The molecule has 0 heterocycles. The second-order valence-corrected chi connectivity index (χ2v) is 5.37. The van der Waals surface area contributed by atoms with Crippen molar-refractivity contribution in [2.45, 2.75) is 25.3 Å². The van der Waals surface area contributed by atoms with Crippen LogP contribution in [0.1, 0.15) is 19.8 Å². The number of hydrogen-bond acceptors (Lipinski definition) is 4. The van der Waals surface area contributed by atoms with Crippen molar-refractivity contribution >= 4 is 11.7 Å². The highest BCUT2D eigenvalue weighted by Crippen LogP contribution is 2.39. The van der Waals surface area contributed by atoms with Crippen LogP contribution in [0.4, 0.5) is 10.1 Å². The molecular weight excluding hydrogens is 259 g/mol. The summed E-state index contributed by atoms with van der Waals surface area (Å²) >= 11 is 0. The first-order chi connectivity index (χ1) is 9.47. The first kappa shape index (κ1) is 14.8. The average molecular weight is 280 g/mol. The second kappa shape index (κ2) is 5.79. The summed E-state index contributed by atoms with van der Waals surface area (Å²) in [5.74, 6) is -0.525. The lowest BCUT2D eigenvalue weighted by atomic mass is 9.93. The van der Waals surface area contributed by atoms with Gasteiger partial charge in [0.2, 0.25) is 0 Å². The van der Waals surface area contributed by atoms with Crippen molar-refractivity contribution in [3.05, 3.63) is 30.1 Å². The summed E-state index contributed by atoms with van der Waals surface area (Å²) in [6, 6.07) is 6.25. The first-order valence-electron chi connectivity index (χ1n) is 6.90. The molecule has 1 aliphatic rings. The fourth-order valence-electron chi connectivity index (χ4n) is 2.42. The van der Waals surface area contributed by atoms with E-state index in [1.807, 2.05) is 0 Å². The minimum Gasteiger partial charge on any atom is -0.465 e. The lowest BCUT2D eigenvalue weighted by Gasteiger charge is -2.32. The van der Waals surface area contributed by atoms with Gasteiger partial charge >= 0.3 is 5.97 Å². The first-order valence-corrected chi connectivity index (χ1v) is 6.90. The van der Waals surface area contributed by atoms with Crippen molar-refractivity contribution in [1.82, 2.24) is 0 Å². The van der Waals surface area contributed by atoms with Gasteiger partial charge in [-0.2, -0.15) is 0 Å². The lowest BCUT2D eigenvalue weighted by Crippen LogP contribution is -2.58. The van der Waals surface area contributed by atoms with Gasteiger partial charge in [-0.3, -0.25) is 0 Å². The van der Waals surface area contributed by atoms with Gasteiger partial charge in [-0.1, -0.05) is 6.07 Å². The summed E-state index contributed by atoms with van der Waals surface area (Å²) in [6.45, 7) is 2.40. The van der Waals surface area contributed by atoms with Crippen molar-refractivity contribution in [1.29, 1.82) is 0 Å². The smallest absolute Gasteiger partial charge is 0.328 e. The SMILES string of the molecule is CCOC(=O)C(N)(CN(C)c1cccc(F)c1)C1CC1. The van der Waals surface area contributed by atoms with E-state index in [9.17, 15) is 9.18 Å². The number of rotatable bonds is 6. The van der Waals surface area contributed by atoms with Gasteiger partial charge < -0.3 is 15.4 Å². The minimum atomic E-state index is -1.02. The Kier molecular flexibility index (Phi) is 4.28. The zero-order valence-corrected chi connectivity index (χ0v) is 11.9. The second-order valence-electron chi connectivity index (χ2n) is 5.37. The Hall–Kier alpha value is -1.62. The number of likely N-dealkylation sites (N-methyl/N-ethyl adjacent to an activating group) is 1. The molecule has 2 N–H and O–H groups in total. The van der Waals surface area contributed by atoms with E-state index < -0.39 is 5.54 Å². The maximum Gasteiger partial charge on any atom is 0.328 e. The Morgan fingerprint density at radius 1 is 1.55 bits per heavy atom. The topological polar surface area (TPSA) is 55.6 Å². The van der Waals surface area contributed by atoms with Crippen molar-refractivity contribution in [3.8, 4) is 0 Å². The predicted octanol–water partition coefficient (Wildman–Crippen LogP) is 1.93. The molecule has 110 valence electrons. The monoisotopic (exact) mass is 280 g/mol. The zero-order valence-electron chi connectivity index (χ0n) is 11.9. The van der Waals surface area contributed by atoms with Crippen molar-refractivity contribution in [2.24, 2.45) is 11.7 Å². The lowest BCUT2D eigenvalue weighted by molar-refractivity contribution is -0.150. The highest BCUT2D eigenvalue weighted by Gasteiger charge is 2.49. The largest absolute Gasteiger partial charge is 0.465 e. The number of hydrogen-bond donors (Lipinski definition) is 1. The van der Waals surface area contributed by atoms with Crippen molar-refractivity contribution in [2.75, 3.05) is 25.1 Å². The Morgan fingerprint density at radius 3 is 2.80 bits per heavy atom. The molecule has 0 aliphatic heterocycles. The predicted molar refractivity (Wildman–Crippen MR) is 75.9 cm³/mol. The molecule has 5 heteroatoms. The molecule has 0 spiro atoms. The van der Waals surface area contributed by atoms with E-state index in [0.717, 1.165) is 12.8 Å². The average Bonchev–Trinajstić information content (AvgIpc) is 3.23. The molecule has 0 amide bonds. The maximum absolute atomic E-state index is 13.3. The molecule has 1 aliphatic carbocycles. The summed E-state index contributed by atoms with van der Waals surface area (Å²) in [6.07, 6.45) is 1.87. The summed E-state index contributed by atoms with van der Waals surface area (Å²) in [5.41, 5.74) is 5.98. The molecule has 1 atom stereocenters.